The number of rotatable bonds is 4. The van der Waals surface area contributed by atoms with Crippen molar-refractivity contribution < 1.29 is 4.79 Å². The molecule has 5 rings (SSSR count). The van der Waals surface area contributed by atoms with E-state index in [4.69, 9.17) is 17.2 Å². The zero-order valence-corrected chi connectivity index (χ0v) is 20.7. The van der Waals surface area contributed by atoms with E-state index < -0.39 is 0 Å². The van der Waals surface area contributed by atoms with Crippen LogP contribution in [0.25, 0.3) is 11.7 Å². The van der Waals surface area contributed by atoms with Gasteiger partial charge < -0.3 is 4.90 Å². The van der Waals surface area contributed by atoms with Crippen molar-refractivity contribution in [2.45, 2.75) is 13.5 Å². The summed E-state index contributed by atoms with van der Waals surface area (Å²) in [6, 6.07) is 14.2. The van der Waals surface area contributed by atoms with Gasteiger partial charge in [0.15, 0.2) is 0 Å². The SMILES string of the molecule is Cc1cccn2c(=O)c(/C=C3/SC(=S)N(C)C3=O)c(N3CCN(Cc4ccccc4)CC3)nc12. The number of pyridine rings is 1. The van der Waals surface area contributed by atoms with Gasteiger partial charge in [-0.05, 0) is 30.2 Å². The minimum absolute atomic E-state index is 0.184. The molecule has 1 amide bonds. The Hall–Kier alpha value is -3.01. The van der Waals surface area contributed by atoms with Crippen molar-refractivity contribution in [1.82, 2.24) is 19.2 Å². The van der Waals surface area contributed by atoms with Crippen molar-refractivity contribution in [3.05, 3.63) is 80.6 Å². The lowest BCUT2D eigenvalue weighted by atomic mass is 10.1. The van der Waals surface area contributed by atoms with Crippen molar-refractivity contribution in [2.24, 2.45) is 0 Å². The fraction of sp³-hybridized carbons (Fsp3) is 0.280. The number of hydrogen-bond acceptors (Lipinski definition) is 7. The average molecular weight is 492 g/mol. The van der Waals surface area contributed by atoms with E-state index in [1.54, 1.807) is 23.7 Å². The molecular weight excluding hydrogens is 466 g/mol. The van der Waals surface area contributed by atoms with E-state index in [-0.39, 0.29) is 11.5 Å². The quantitative estimate of drug-likeness (QED) is 0.410. The highest BCUT2D eigenvalue weighted by molar-refractivity contribution is 8.26. The summed E-state index contributed by atoms with van der Waals surface area (Å²) in [5, 5.41) is 0. The first-order valence-electron chi connectivity index (χ1n) is 11.2. The second-order valence-corrected chi connectivity index (χ2v) is 10.2. The number of anilines is 1. The Bertz CT molecular complexity index is 1360. The van der Waals surface area contributed by atoms with Gasteiger partial charge in [-0.3, -0.25) is 23.8 Å². The van der Waals surface area contributed by atoms with Gasteiger partial charge in [0.1, 0.15) is 15.8 Å². The third-order valence-electron chi connectivity index (χ3n) is 6.25. The van der Waals surface area contributed by atoms with Crippen LogP contribution in [-0.2, 0) is 11.3 Å². The maximum absolute atomic E-state index is 13.6. The van der Waals surface area contributed by atoms with Gasteiger partial charge in [0.2, 0.25) is 0 Å². The third-order valence-corrected chi connectivity index (χ3v) is 7.73. The smallest absolute Gasteiger partial charge is 0.267 e. The van der Waals surface area contributed by atoms with Crippen LogP contribution < -0.4 is 10.5 Å². The minimum atomic E-state index is -0.192. The summed E-state index contributed by atoms with van der Waals surface area (Å²) >= 11 is 6.49. The molecule has 2 aliphatic heterocycles. The average Bonchev–Trinajstić information content (AvgIpc) is 3.09. The summed E-state index contributed by atoms with van der Waals surface area (Å²) in [4.78, 5) is 37.6. The Labute approximate surface area is 207 Å². The summed E-state index contributed by atoms with van der Waals surface area (Å²) in [5.41, 5.74) is 3.09. The molecule has 0 radical (unpaired) electrons. The van der Waals surface area contributed by atoms with E-state index in [2.05, 4.69) is 34.1 Å². The van der Waals surface area contributed by atoms with Crippen LogP contribution in [0.4, 0.5) is 5.82 Å². The number of benzene rings is 1. The summed E-state index contributed by atoms with van der Waals surface area (Å²) < 4.78 is 2.04. The van der Waals surface area contributed by atoms with Gasteiger partial charge in [0, 0.05) is 46.0 Å². The molecule has 174 valence electrons. The largest absolute Gasteiger partial charge is 0.353 e. The van der Waals surface area contributed by atoms with Crippen molar-refractivity contribution in [2.75, 3.05) is 38.1 Å². The molecule has 7 nitrogen and oxygen atoms in total. The van der Waals surface area contributed by atoms with Gasteiger partial charge in [0.25, 0.3) is 11.5 Å². The monoisotopic (exact) mass is 491 g/mol. The predicted octanol–water partition coefficient (Wildman–Crippen LogP) is 3.16. The number of amides is 1. The van der Waals surface area contributed by atoms with Crippen LogP contribution in [0.2, 0.25) is 0 Å². The van der Waals surface area contributed by atoms with E-state index in [1.165, 1.54) is 22.2 Å². The normalized spacial score (nSPS) is 18.5. The molecule has 2 aliphatic rings. The van der Waals surface area contributed by atoms with E-state index in [0.717, 1.165) is 38.3 Å². The number of carbonyl (C=O) groups excluding carboxylic acids is 1. The molecule has 3 aromatic rings. The lowest BCUT2D eigenvalue weighted by Crippen LogP contribution is -2.47. The summed E-state index contributed by atoms with van der Waals surface area (Å²) in [5.74, 6) is 0.433. The molecular formula is C25H25N5O2S2. The number of nitrogens with zero attached hydrogens (tertiary/aromatic N) is 5. The molecule has 0 bridgehead atoms. The van der Waals surface area contributed by atoms with Gasteiger partial charge in [-0.15, -0.1) is 0 Å². The van der Waals surface area contributed by atoms with Crippen LogP contribution in [0.15, 0.2) is 58.4 Å². The second kappa shape index (κ2) is 9.32. The summed E-state index contributed by atoms with van der Waals surface area (Å²) in [6.45, 7) is 6.06. The number of thiocarbonyl (C=S) groups is 1. The zero-order chi connectivity index (χ0) is 23.8. The molecule has 2 saturated heterocycles. The van der Waals surface area contributed by atoms with Crippen molar-refractivity contribution >= 4 is 51.7 Å². The Morgan fingerprint density at radius 1 is 1.06 bits per heavy atom. The van der Waals surface area contributed by atoms with Crippen LogP contribution in [0.3, 0.4) is 0 Å². The third kappa shape index (κ3) is 4.26. The lowest BCUT2D eigenvalue weighted by Gasteiger charge is -2.36. The van der Waals surface area contributed by atoms with Gasteiger partial charge in [-0.25, -0.2) is 4.98 Å². The van der Waals surface area contributed by atoms with Crippen LogP contribution in [0, 0.1) is 6.92 Å². The van der Waals surface area contributed by atoms with Crippen LogP contribution in [0.5, 0.6) is 0 Å². The first kappa shape index (κ1) is 22.8. The molecule has 34 heavy (non-hydrogen) atoms. The second-order valence-electron chi connectivity index (χ2n) is 8.53. The van der Waals surface area contributed by atoms with E-state index in [0.29, 0.717) is 26.3 Å². The summed E-state index contributed by atoms with van der Waals surface area (Å²) in [6.07, 6.45) is 3.39. The molecule has 0 unspecified atom stereocenters. The highest BCUT2D eigenvalue weighted by atomic mass is 32.2. The Morgan fingerprint density at radius 2 is 1.79 bits per heavy atom. The molecule has 9 heteroatoms. The topological polar surface area (TPSA) is 61.2 Å². The molecule has 0 N–H and O–H groups in total. The maximum atomic E-state index is 13.6. The number of likely N-dealkylation sites (N-methyl/N-ethyl adjacent to an activating group) is 1. The number of piperazine rings is 1. The molecule has 2 aromatic heterocycles. The highest BCUT2D eigenvalue weighted by Gasteiger charge is 2.30. The molecule has 0 spiro atoms. The van der Waals surface area contributed by atoms with Gasteiger partial charge in [-0.1, -0.05) is 60.4 Å². The number of thioether (sulfide) groups is 1. The minimum Gasteiger partial charge on any atom is -0.353 e. The Morgan fingerprint density at radius 3 is 2.47 bits per heavy atom. The van der Waals surface area contributed by atoms with E-state index >= 15 is 0 Å². The van der Waals surface area contributed by atoms with Gasteiger partial charge >= 0.3 is 0 Å². The van der Waals surface area contributed by atoms with Crippen molar-refractivity contribution in [1.29, 1.82) is 0 Å². The highest BCUT2D eigenvalue weighted by Crippen LogP contribution is 2.32. The fourth-order valence-electron chi connectivity index (χ4n) is 4.30. The first-order chi connectivity index (χ1) is 16.4. The number of carbonyl (C=O) groups is 1. The van der Waals surface area contributed by atoms with Gasteiger partial charge in [-0.2, -0.15) is 0 Å². The zero-order valence-electron chi connectivity index (χ0n) is 19.1. The van der Waals surface area contributed by atoms with Crippen LogP contribution in [0.1, 0.15) is 16.7 Å². The van der Waals surface area contributed by atoms with Crippen LogP contribution in [-0.4, -0.2) is 62.6 Å². The molecule has 0 aliphatic carbocycles. The molecule has 0 atom stereocenters. The molecule has 1 aromatic carbocycles. The standard InChI is InChI=1S/C25H25N5O2S2/c1-17-7-6-10-30-21(17)26-22(19(23(30)31)15-20-24(32)27(2)25(33)34-20)29-13-11-28(12-14-29)16-18-8-4-3-5-9-18/h3-10,15H,11-14,16H2,1-2H3/b20-15+. The van der Waals surface area contributed by atoms with E-state index in [9.17, 15) is 9.59 Å². The summed E-state index contributed by atoms with van der Waals surface area (Å²) in [7, 11) is 1.65. The number of fused-ring (bicyclic) bond motifs is 1. The number of aryl methyl sites for hydroxylation is 1. The van der Waals surface area contributed by atoms with Crippen LogP contribution >= 0.6 is 24.0 Å². The van der Waals surface area contributed by atoms with Gasteiger partial charge in [0.05, 0.1) is 10.5 Å². The van der Waals surface area contributed by atoms with E-state index in [1.807, 2.05) is 25.1 Å². The molecule has 0 saturated carbocycles. The first-order valence-corrected chi connectivity index (χ1v) is 12.4. The van der Waals surface area contributed by atoms with Crippen molar-refractivity contribution in [3.8, 4) is 0 Å². The van der Waals surface area contributed by atoms with Crippen molar-refractivity contribution in [3.63, 3.8) is 0 Å². The Kier molecular flexibility index (Phi) is 6.24. The number of hydrogen-bond donors (Lipinski definition) is 0. The predicted molar refractivity (Wildman–Crippen MR) is 141 cm³/mol. The molecule has 2 fully saturated rings. The lowest BCUT2D eigenvalue weighted by molar-refractivity contribution is -0.121. The fourth-order valence-corrected chi connectivity index (χ4v) is 5.47. The number of aromatic nitrogens is 2. The Balaban J connectivity index is 1.51. The maximum Gasteiger partial charge on any atom is 0.267 e. The molecule has 4 heterocycles.